The largest absolute Gasteiger partial charge is 0.493 e. The van der Waals surface area contributed by atoms with Crippen molar-refractivity contribution in [3.8, 4) is 11.5 Å². The molecular formula is C24H30FNO3. The van der Waals surface area contributed by atoms with E-state index in [1.165, 1.54) is 23.3 Å². The molecule has 0 spiro atoms. The van der Waals surface area contributed by atoms with Crippen LogP contribution in [0.4, 0.5) is 4.39 Å². The zero-order valence-corrected chi connectivity index (χ0v) is 17.5. The van der Waals surface area contributed by atoms with Crippen molar-refractivity contribution in [1.29, 1.82) is 0 Å². The topological polar surface area (TPSA) is 41.9 Å². The minimum atomic E-state index is -0.949. The molecule has 2 aromatic rings. The van der Waals surface area contributed by atoms with Crippen LogP contribution in [-0.4, -0.2) is 35.8 Å². The summed E-state index contributed by atoms with van der Waals surface area (Å²) in [6.07, 6.45) is 3.41. The highest BCUT2D eigenvalue weighted by Gasteiger charge is 2.48. The molecule has 2 aliphatic heterocycles. The van der Waals surface area contributed by atoms with Gasteiger partial charge < -0.3 is 14.6 Å². The zero-order chi connectivity index (χ0) is 20.6. The van der Waals surface area contributed by atoms with E-state index in [2.05, 4.69) is 17.9 Å². The Morgan fingerprint density at radius 3 is 2.48 bits per heavy atom. The van der Waals surface area contributed by atoms with Crippen molar-refractivity contribution in [2.24, 2.45) is 0 Å². The number of piperidine rings is 1. The summed E-state index contributed by atoms with van der Waals surface area (Å²) in [6.45, 7) is 5.48. The van der Waals surface area contributed by atoms with Crippen LogP contribution >= 0.6 is 0 Å². The van der Waals surface area contributed by atoms with E-state index in [9.17, 15) is 9.50 Å². The van der Waals surface area contributed by atoms with Crippen molar-refractivity contribution in [2.75, 3.05) is 13.7 Å². The fraction of sp³-hybridized carbons (Fsp3) is 0.500. The quantitative estimate of drug-likeness (QED) is 0.773. The van der Waals surface area contributed by atoms with E-state index >= 15 is 0 Å². The second-order valence-electron chi connectivity index (χ2n) is 8.37. The predicted octanol–water partition coefficient (Wildman–Crippen LogP) is 4.56. The molecule has 0 aromatic heterocycles. The number of nitrogens with zero attached hydrogens (tertiary/aromatic N) is 1. The van der Waals surface area contributed by atoms with Gasteiger partial charge in [0, 0.05) is 18.6 Å². The highest BCUT2D eigenvalue weighted by molar-refractivity contribution is 5.47. The van der Waals surface area contributed by atoms with Crippen LogP contribution in [0, 0.1) is 12.7 Å². The van der Waals surface area contributed by atoms with Gasteiger partial charge in [-0.2, -0.15) is 0 Å². The summed E-state index contributed by atoms with van der Waals surface area (Å²) < 4.78 is 25.0. The zero-order valence-electron chi connectivity index (χ0n) is 17.5. The lowest BCUT2D eigenvalue weighted by atomic mass is 9.80. The minimum absolute atomic E-state index is 0.289. The summed E-state index contributed by atoms with van der Waals surface area (Å²) in [7, 11) is 1.66. The van der Waals surface area contributed by atoms with Crippen molar-refractivity contribution in [2.45, 2.75) is 63.8 Å². The first kappa shape index (κ1) is 20.2. The maximum Gasteiger partial charge on any atom is 0.161 e. The molecule has 156 valence electrons. The second kappa shape index (κ2) is 7.96. The molecule has 29 heavy (non-hydrogen) atoms. The van der Waals surface area contributed by atoms with E-state index < -0.39 is 5.60 Å². The number of methoxy groups -OCH3 is 1. The molecule has 2 bridgehead atoms. The Hall–Kier alpha value is -2.11. The van der Waals surface area contributed by atoms with Gasteiger partial charge in [-0.15, -0.1) is 0 Å². The van der Waals surface area contributed by atoms with E-state index in [0.29, 0.717) is 37.1 Å². The molecule has 2 aromatic carbocycles. The Balaban J connectivity index is 1.56. The minimum Gasteiger partial charge on any atom is -0.493 e. The molecule has 4 nitrogen and oxygen atoms in total. The third-order valence-electron chi connectivity index (χ3n) is 6.55. The molecule has 5 heteroatoms. The Morgan fingerprint density at radius 1 is 1.14 bits per heavy atom. The molecule has 4 rings (SSSR count). The molecular weight excluding hydrogens is 369 g/mol. The van der Waals surface area contributed by atoms with Crippen LogP contribution in [0.1, 0.15) is 49.3 Å². The maximum absolute atomic E-state index is 13.7. The van der Waals surface area contributed by atoms with Crippen molar-refractivity contribution < 1.29 is 19.0 Å². The van der Waals surface area contributed by atoms with E-state index in [1.807, 2.05) is 19.1 Å². The molecule has 0 aliphatic carbocycles. The lowest BCUT2D eigenvalue weighted by Crippen LogP contribution is -2.49. The summed E-state index contributed by atoms with van der Waals surface area (Å²) in [4.78, 5) is 2.51. The van der Waals surface area contributed by atoms with Crippen molar-refractivity contribution >= 4 is 0 Å². The van der Waals surface area contributed by atoms with Crippen LogP contribution in [-0.2, 0) is 12.1 Å². The van der Waals surface area contributed by atoms with Gasteiger partial charge in [0.1, 0.15) is 5.82 Å². The van der Waals surface area contributed by atoms with Gasteiger partial charge in [-0.3, -0.25) is 4.90 Å². The van der Waals surface area contributed by atoms with Crippen molar-refractivity contribution in [3.63, 3.8) is 0 Å². The molecule has 2 aliphatic rings. The van der Waals surface area contributed by atoms with Gasteiger partial charge in [-0.1, -0.05) is 12.1 Å². The number of rotatable bonds is 6. The van der Waals surface area contributed by atoms with Crippen LogP contribution in [0.25, 0.3) is 0 Å². The Labute approximate surface area is 172 Å². The van der Waals surface area contributed by atoms with Crippen molar-refractivity contribution in [1.82, 2.24) is 4.90 Å². The van der Waals surface area contributed by atoms with Gasteiger partial charge in [-0.05, 0) is 80.5 Å². The van der Waals surface area contributed by atoms with E-state index in [-0.39, 0.29) is 5.82 Å². The summed E-state index contributed by atoms with van der Waals surface area (Å²) >= 11 is 0. The van der Waals surface area contributed by atoms with Crippen LogP contribution < -0.4 is 9.47 Å². The first-order valence-electron chi connectivity index (χ1n) is 10.5. The molecule has 2 atom stereocenters. The van der Waals surface area contributed by atoms with E-state index in [0.717, 1.165) is 30.9 Å². The summed E-state index contributed by atoms with van der Waals surface area (Å²) in [5.74, 6) is 1.24. The molecule has 0 radical (unpaired) electrons. The first-order chi connectivity index (χ1) is 13.9. The standard InChI is InChI=1S/C24H30FNO3/c1-4-29-23-11-17(16(2)10-22(23)28-3)15-26-20-8-9-21(26)14-24(27,13-20)18-6-5-7-19(25)12-18/h5-7,10-12,20-21,27H,4,8-9,13-15H2,1-3H3/t20-,21-/m0/s1. The average molecular weight is 400 g/mol. The Morgan fingerprint density at radius 2 is 1.86 bits per heavy atom. The van der Waals surface area contributed by atoms with Gasteiger partial charge in [0.25, 0.3) is 0 Å². The number of fused-ring (bicyclic) bond motifs is 2. The van der Waals surface area contributed by atoms with Gasteiger partial charge in [0.05, 0.1) is 19.3 Å². The molecule has 0 amide bonds. The number of hydrogen-bond acceptors (Lipinski definition) is 4. The molecule has 2 heterocycles. The number of aliphatic hydroxyl groups is 1. The number of aryl methyl sites for hydroxylation is 1. The number of benzene rings is 2. The SMILES string of the molecule is CCOc1cc(CN2[C@H]3CC[C@H]2CC(O)(c2cccc(F)c2)C3)c(C)cc1OC. The fourth-order valence-corrected chi connectivity index (χ4v) is 5.09. The Kier molecular flexibility index (Phi) is 5.54. The third kappa shape index (κ3) is 3.86. The molecule has 0 unspecified atom stereocenters. The lowest BCUT2D eigenvalue weighted by Gasteiger charge is -2.44. The fourth-order valence-electron chi connectivity index (χ4n) is 5.09. The first-order valence-corrected chi connectivity index (χ1v) is 10.5. The molecule has 0 saturated carbocycles. The second-order valence-corrected chi connectivity index (χ2v) is 8.37. The number of ether oxygens (including phenoxy) is 2. The van der Waals surface area contributed by atoms with Crippen LogP contribution in [0.2, 0.25) is 0 Å². The van der Waals surface area contributed by atoms with Crippen LogP contribution in [0.15, 0.2) is 36.4 Å². The average Bonchev–Trinajstić information content (AvgIpc) is 2.94. The van der Waals surface area contributed by atoms with Gasteiger partial charge in [-0.25, -0.2) is 4.39 Å². The summed E-state index contributed by atoms with van der Waals surface area (Å²) in [6, 6.07) is 11.2. The molecule has 1 N–H and O–H groups in total. The third-order valence-corrected chi connectivity index (χ3v) is 6.55. The highest BCUT2D eigenvalue weighted by Crippen LogP contribution is 2.46. The smallest absolute Gasteiger partial charge is 0.161 e. The van der Waals surface area contributed by atoms with Gasteiger partial charge >= 0.3 is 0 Å². The molecule has 2 fully saturated rings. The van der Waals surface area contributed by atoms with Crippen LogP contribution in [0.5, 0.6) is 11.5 Å². The van der Waals surface area contributed by atoms with Gasteiger partial charge in [0.2, 0.25) is 0 Å². The highest BCUT2D eigenvalue weighted by atomic mass is 19.1. The van der Waals surface area contributed by atoms with E-state index in [1.54, 1.807) is 13.2 Å². The van der Waals surface area contributed by atoms with Crippen molar-refractivity contribution in [3.05, 3.63) is 58.9 Å². The number of halogens is 1. The monoisotopic (exact) mass is 399 g/mol. The Bertz CT molecular complexity index is 870. The normalized spacial score (nSPS) is 26.5. The van der Waals surface area contributed by atoms with Gasteiger partial charge in [0.15, 0.2) is 11.5 Å². The summed E-state index contributed by atoms with van der Waals surface area (Å²) in [5, 5.41) is 11.3. The number of hydrogen-bond donors (Lipinski definition) is 1. The molecule has 2 saturated heterocycles. The lowest BCUT2D eigenvalue weighted by molar-refractivity contribution is -0.0597. The predicted molar refractivity (Wildman–Crippen MR) is 111 cm³/mol. The maximum atomic E-state index is 13.7. The van der Waals surface area contributed by atoms with E-state index in [4.69, 9.17) is 9.47 Å². The van der Waals surface area contributed by atoms with Crippen LogP contribution in [0.3, 0.4) is 0 Å². The summed E-state index contributed by atoms with van der Waals surface area (Å²) in [5.41, 5.74) is 2.15.